The lowest BCUT2D eigenvalue weighted by molar-refractivity contribution is 0.102. The van der Waals surface area contributed by atoms with E-state index in [2.05, 4.69) is 52.0 Å². The lowest BCUT2D eigenvalue weighted by Crippen LogP contribution is -2.35. The van der Waals surface area contributed by atoms with Gasteiger partial charge in [0.25, 0.3) is 0 Å². The van der Waals surface area contributed by atoms with Crippen LogP contribution in [-0.2, 0) is 6.42 Å². The molecule has 1 aliphatic rings. The van der Waals surface area contributed by atoms with Crippen LogP contribution in [0.15, 0.2) is 24.3 Å². The Morgan fingerprint density at radius 3 is 2.35 bits per heavy atom. The summed E-state index contributed by atoms with van der Waals surface area (Å²) in [5.41, 5.74) is 3.59. The molecule has 0 aliphatic heterocycles. The molecule has 0 atom stereocenters. The summed E-state index contributed by atoms with van der Waals surface area (Å²) in [5.74, 6) is 1.66. The monoisotopic (exact) mass is 292 g/mol. The largest absolute Gasteiger partial charge is 0.126 e. The summed E-state index contributed by atoms with van der Waals surface area (Å²) >= 11 is 6.39. The highest BCUT2D eigenvalue weighted by atomic mass is 35.5. The second-order valence-corrected chi connectivity index (χ2v) is 8.21. The zero-order chi connectivity index (χ0) is 14.8. The molecule has 2 rings (SSSR count). The van der Waals surface area contributed by atoms with Gasteiger partial charge in [-0.15, -0.1) is 11.6 Å². The van der Waals surface area contributed by atoms with Crippen LogP contribution in [0.2, 0.25) is 0 Å². The Kier molecular flexibility index (Phi) is 4.84. The fourth-order valence-electron chi connectivity index (χ4n) is 3.71. The van der Waals surface area contributed by atoms with Gasteiger partial charge in [-0.2, -0.15) is 0 Å². The highest BCUT2D eigenvalue weighted by Crippen LogP contribution is 2.47. The summed E-state index contributed by atoms with van der Waals surface area (Å²) in [5, 5.41) is 0. The van der Waals surface area contributed by atoms with Gasteiger partial charge < -0.3 is 0 Å². The van der Waals surface area contributed by atoms with E-state index in [9.17, 15) is 0 Å². The van der Waals surface area contributed by atoms with Crippen molar-refractivity contribution in [2.45, 2.75) is 59.8 Å². The van der Waals surface area contributed by atoms with Crippen LogP contribution in [0, 0.1) is 23.7 Å². The molecule has 20 heavy (non-hydrogen) atoms. The van der Waals surface area contributed by atoms with Crippen LogP contribution in [-0.4, -0.2) is 5.88 Å². The van der Waals surface area contributed by atoms with Crippen molar-refractivity contribution in [2.75, 3.05) is 5.88 Å². The van der Waals surface area contributed by atoms with E-state index in [0.29, 0.717) is 10.8 Å². The molecular formula is C19H29Cl. The van der Waals surface area contributed by atoms with Crippen molar-refractivity contribution in [3.8, 4) is 0 Å². The molecule has 1 aliphatic carbocycles. The summed E-state index contributed by atoms with van der Waals surface area (Å²) < 4.78 is 0. The van der Waals surface area contributed by atoms with Gasteiger partial charge in [0.05, 0.1) is 0 Å². The normalized spacial score (nSPS) is 27.6. The molecule has 0 spiro atoms. The van der Waals surface area contributed by atoms with E-state index < -0.39 is 0 Å². The third-order valence-corrected chi connectivity index (χ3v) is 5.78. The maximum Gasteiger partial charge on any atom is 0.0283 e. The van der Waals surface area contributed by atoms with Gasteiger partial charge in [-0.3, -0.25) is 0 Å². The minimum Gasteiger partial charge on any atom is -0.126 e. The van der Waals surface area contributed by atoms with Gasteiger partial charge in [0.2, 0.25) is 0 Å². The van der Waals surface area contributed by atoms with Gasteiger partial charge in [0.1, 0.15) is 0 Å². The SMILES string of the molecule is Cc1cccc(CC2(CCl)CCC(C(C)(C)C)CC2)c1. The fraction of sp³-hybridized carbons (Fsp3) is 0.684. The van der Waals surface area contributed by atoms with E-state index in [1.165, 1.54) is 36.8 Å². The molecule has 0 saturated heterocycles. The topological polar surface area (TPSA) is 0 Å². The van der Waals surface area contributed by atoms with E-state index in [-0.39, 0.29) is 0 Å². The Balaban J connectivity index is 2.05. The summed E-state index contributed by atoms with van der Waals surface area (Å²) in [4.78, 5) is 0. The van der Waals surface area contributed by atoms with Gasteiger partial charge in [-0.25, -0.2) is 0 Å². The predicted octanol–water partition coefficient (Wildman–Crippen LogP) is 6.00. The van der Waals surface area contributed by atoms with Gasteiger partial charge >= 0.3 is 0 Å². The molecule has 0 bridgehead atoms. The number of hydrogen-bond donors (Lipinski definition) is 0. The second kappa shape index (κ2) is 6.10. The molecule has 1 saturated carbocycles. The predicted molar refractivity (Wildman–Crippen MR) is 89.4 cm³/mol. The molecule has 1 heteroatoms. The Morgan fingerprint density at radius 2 is 1.85 bits per heavy atom. The molecule has 0 radical (unpaired) electrons. The standard InChI is InChI=1S/C19H29Cl/c1-15-6-5-7-16(12-15)13-19(14-20)10-8-17(9-11-19)18(2,3)4/h5-7,12,17H,8-11,13-14H2,1-4H3. The van der Waals surface area contributed by atoms with Crippen LogP contribution in [0.5, 0.6) is 0 Å². The van der Waals surface area contributed by atoms with Crippen molar-refractivity contribution in [3.63, 3.8) is 0 Å². The molecule has 0 aromatic heterocycles. The van der Waals surface area contributed by atoms with Crippen LogP contribution in [0.4, 0.5) is 0 Å². The highest BCUT2D eigenvalue weighted by Gasteiger charge is 2.38. The van der Waals surface area contributed by atoms with Gasteiger partial charge in [-0.05, 0) is 61.3 Å². The lowest BCUT2D eigenvalue weighted by Gasteiger charge is -2.43. The van der Waals surface area contributed by atoms with Crippen LogP contribution in [0.1, 0.15) is 57.6 Å². The number of benzene rings is 1. The zero-order valence-electron chi connectivity index (χ0n) is 13.5. The number of rotatable bonds is 3. The van der Waals surface area contributed by atoms with E-state index >= 15 is 0 Å². The summed E-state index contributed by atoms with van der Waals surface area (Å²) in [6.07, 6.45) is 6.39. The number of hydrogen-bond acceptors (Lipinski definition) is 0. The van der Waals surface area contributed by atoms with Crippen LogP contribution >= 0.6 is 11.6 Å². The van der Waals surface area contributed by atoms with E-state index in [4.69, 9.17) is 11.6 Å². The van der Waals surface area contributed by atoms with Crippen molar-refractivity contribution in [3.05, 3.63) is 35.4 Å². The van der Waals surface area contributed by atoms with E-state index in [0.717, 1.165) is 18.2 Å². The minimum atomic E-state index is 0.330. The molecule has 112 valence electrons. The van der Waals surface area contributed by atoms with Crippen molar-refractivity contribution < 1.29 is 0 Å². The van der Waals surface area contributed by atoms with E-state index in [1.54, 1.807) is 0 Å². The molecule has 0 nitrogen and oxygen atoms in total. The van der Waals surface area contributed by atoms with Crippen LogP contribution in [0.25, 0.3) is 0 Å². The summed E-state index contributed by atoms with van der Waals surface area (Å²) in [6.45, 7) is 9.32. The highest BCUT2D eigenvalue weighted by molar-refractivity contribution is 6.18. The van der Waals surface area contributed by atoms with Gasteiger partial charge in [-0.1, -0.05) is 50.6 Å². The third kappa shape index (κ3) is 3.79. The molecular weight excluding hydrogens is 264 g/mol. The smallest absolute Gasteiger partial charge is 0.0283 e. The lowest BCUT2D eigenvalue weighted by atomic mass is 9.63. The quantitative estimate of drug-likeness (QED) is 0.599. The Hall–Kier alpha value is -0.490. The molecule has 1 aromatic carbocycles. The second-order valence-electron chi connectivity index (χ2n) is 7.94. The Morgan fingerprint density at radius 1 is 1.20 bits per heavy atom. The first-order chi connectivity index (χ1) is 9.35. The molecule has 1 aromatic rings. The van der Waals surface area contributed by atoms with Crippen molar-refractivity contribution >= 4 is 11.6 Å². The minimum absolute atomic E-state index is 0.330. The van der Waals surface area contributed by atoms with Gasteiger partial charge in [0, 0.05) is 5.88 Å². The first-order valence-electron chi connectivity index (χ1n) is 7.96. The van der Waals surface area contributed by atoms with E-state index in [1.807, 2.05) is 0 Å². The molecule has 1 fully saturated rings. The Bertz CT molecular complexity index is 433. The maximum absolute atomic E-state index is 6.39. The fourth-order valence-corrected chi connectivity index (χ4v) is 4.07. The van der Waals surface area contributed by atoms with Crippen molar-refractivity contribution in [1.29, 1.82) is 0 Å². The average molecular weight is 293 g/mol. The number of alkyl halides is 1. The Labute approximate surface area is 129 Å². The van der Waals surface area contributed by atoms with Crippen molar-refractivity contribution in [1.82, 2.24) is 0 Å². The molecule has 0 unspecified atom stereocenters. The van der Waals surface area contributed by atoms with Crippen molar-refractivity contribution in [2.24, 2.45) is 16.7 Å². The number of aryl methyl sites for hydroxylation is 1. The summed E-state index contributed by atoms with van der Waals surface area (Å²) in [7, 11) is 0. The maximum atomic E-state index is 6.39. The van der Waals surface area contributed by atoms with Crippen LogP contribution < -0.4 is 0 Å². The summed E-state index contributed by atoms with van der Waals surface area (Å²) in [6, 6.07) is 8.93. The van der Waals surface area contributed by atoms with Gasteiger partial charge in [0.15, 0.2) is 0 Å². The third-order valence-electron chi connectivity index (χ3n) is 5.22. The first-order valence-corrected chi connectivity index (χ1v) is 8.50. The molecule has 0 N–H and O–H groups in total. The zero-order valence-corrected chi connectivity index (χ0v) is 14.3. The van der Waals surface area contributed by atoms with Crippen LogP contribution in [0.3, 0.4) is 0 Å². The number of halogens is 1. The molecule has 0 amide bonds. The molecule has 0 heterocycles. The first kappa shape index (κ1) is 15.9. The average Bonchev–Trinajstić information content (AvgIpc) is 2.38.